The molecule has 8 aromatic rings. The zero-order chi connectivity index (χ0) is 29.0. The molecule has 2 nitrogen and oxygen atoms in total. The Morgan fingerprint density at radius 1 is 0.386 bits per heavy atom. The minimum atomic E-state index is 1.11. The van der Waals surface area contributed by atoms with Crippen molar-refractivity contribution in [3.05, 3.63) is 157 Å². The lowest BCUT2D eigenvalue weighted by atomic mass is 9.95. The Balaban J connectivity index is 1.39. The number of rotatable bonds is 4. The Hall–Kier alpha value is -5.34. The van der Waals surface area contributed by atoms with Crippen LogP contribution in [0.4, 0.5) is 0 Å². The van der Waals surface area contributed by atoms with Crippen LogP contribution in [0.15, 0.2) is 146 Å². The van der Waals surface area contributed by atoms with Gasteiger partial charge < -0.3 is 9.13 Å². The van der Waals surface area contributed by atoms with E-state index in [1.54, 1.807) is 0 Å². The van der Waals surface area contributed by atoms with Gasteiger partial charge in [0, 0.05) is 33.0 Å². The molecule has 6 aromatic carbocycles. The van der Waals surface area contributed by atoms with E-state index >= 15 is 0 Å². The molecule has 0 amide bonds. The second-order valence-corrected chi connectivity index (χ2v) is 12.0. The van der Waals surface area contributed by atoms with E-state index in [0.29, 0.717) is 0 Å². The van der Waals surface area contributed by atoms with Crippen LogP contribution in [0.5, 0.6) is 0 Å². The summed E-state index contributed by atoms with van der Waals surface area (Å²) in [5.74, 6) is 0. The Morgan fingerprint density at radius 3 is 1.61 bits per heavy atom. The molecule has 0 saturated carbocycles. The van der Waals surface area contributed by atoms with Crippen molar-refractivity contribution in [2.45, 2.75) is 25.7 Å². The molecule has 0 bridgehead atoms. The molecule has 0 N–H and O–H groups in total. The van der Waals surface area contributed by atoms with Gasteiger partial charge in [-0.2, -0.15) is 0 Å². The maximum absolute atomic E-state index is 2.59. The number of aromatic nitrogens is 2. The van der Waals surface area contributed by atoms with E-state index < -0.39 is 0 Å². The minimum absolute atomic E-state index is 1.11. The molecule has 210 valence electrons. The van der Waals surface area contributed by atoms with Crippen molar-refractivity contribution in [3.63, 3.8) is 0 Å². The van der Waals surface area contributed by atoms with Gasteiger partial charge in [-0.3, -0.25) is 0 Å². The molecule has 2 heteroatoms. The third-order valence-corrected chi connectivity index (χ3v) is 9.52. The highest BCUT2D eigenvalue weighted by molar-refractivity contribution is 6.14. The first-order valence-electron chi connectivity index (χ1n) is 15.8. The standard InChI is InChI=1S/C42H32N2/c1-3-15-29(16-4-1)31-19-7-11-23-37(31)43-39-25-13-9-21-33(39)35-28-42-36(27-41(35)43)34-22-10-14-26-40(34)44(42)38-24-12-8-20-32(38)30-17-5-2-6-18-30/h1-9,11-13,15-21,23-25,27-28H,10,14,22,26H2. The van der Waals surface area contributed by atoms with Crippen molar-refractivity contribution >= 4 is 32.7 Å². The van der Waals surface area contributed by atoms with E-state index in [1.807, 2.05) is 0 Å². The van der Waals surface area contributed by atoms with Crippen LogP contribution in [0.2, 0.25) is 0 Å². The van der Waals surface area contributed by atoms with Gasteiger partial charge in [0.25, 0.3) is 0 Å². The SMILES string of the molecule is c1ccc(-c2ccccc2-n2c3c(c4cc5c(cc42)c2ccccc2n5-c2ccccc2-c2ccccc2)CCCC3)cc1. The smallest absolute Gasteiger partial charge is 0.0548 e. The largest absolute Gasteiger partial charge is 0.313 e. The number of aryl methyl sites for hydroxylation is 1. The lowest BCUT2D eigenvalue weighted by molar-refractivity contribution is 0.667. The fourth-order valence-corrected chi connectivity index (χ4v) is 7.60. The van der Waals surface area contributed by atoms with E-state index in [0.717, 1.165) is 12.8 Å². The van der Waals surface area contributed by atoms with Crippen LogP contribution in [0.3, 0.4) is 0 Å². The zero-order valence-electron chi connectivity index (χ0n) is 24.6. The quantitative estimate of drug-likeness (QED) is 0.201. The Kier molecular flexibility index (Phi) is 5.80. The van der Waals surface area contributed by atoms with Gasteiger partial charge in [0.2, 0.25) is 0 Å². The predicted molar refractivity (Wildman–Crippen MR) is 185 cm³/mol. The number of fused-ring (bicyclic) bond motifs is 6. The van der Waals surface area contributed by atoms with Crippen LogP contribution < -0.4 is 0 Å². The summed E-state index contributed by atoms with van der Waals surface area (Å²) in [6.45, 7) is 0. The average molecular weight is 565 g/mol. The highest BCUT2D eigenvalue weighted by Crippen LogP contribution is 2.43. The van der Waals surface area contributed by atoms with Crippen LogP contribution in [0.1, 0.15) is 24.1 Å². The van der Waals surface area contributed by atoms with Crippen molar-refractivity contribution in [2.24, 2.45) is 0 Å². The summed E-state index contributed by atoms with van der Waals surface area (Å²) in [6, 6.07) is 53.3. The molecule has 9 rings (SSSR count). The number of nitrogens with zero attached hydrogens (tertiary/aromatic N) is 2. The van der Waals surface area contributed by atoms with Crippen molar-refractivity contribution < 1.29 is 0 Å². The molecule has 0 atom stereocenters. The maximum Gasteiger partial charge on any atom is 0.0548 e. The first-order chi connectivity index (χ1) is 21.9. The highest BCUT2D eigenvalue weighted by Gasteiger charge is 2.25. The maximum atomic E-state index is 2.59. The fraction of sp³-hybridized carbons (Fsp3) is 0.0952. The minimum Gasteiger partial charge on any atom is -0.313 e. The molecular formula is C42H32N2. The molecule has 2 aromatic heterocycles. The first-order valence-corrected chi connectivity index (χ1v) is 15.8. The summed E-state index contributed by atoms with van der Waals surface area (Å²) < 4.78 is 5.09. The third kappa shape index (κ3) is 3.81. The van der Waals surface area contributed by atoms with Gasteiger partial charge >= 0.3 is 0 Å². The lowest BCUT2D eigenvalue weighted by Gasteiger charge is -2.19. The number of para-hydroxylation sites is 3. The molecular weight excluding hydrogens is 532 g/mol. The van der Waals surface area contributed by atoms with Crippen LogP contribution in [-0.4, -0.2) is 9.13 Å². The van der Waals surface area contributed by atoms with Crippen molar-refractivity contribution in [1.82, 2.24) is 9.13 Å². The number of hydrogen-bond donors (Lipinski definition) is 0. The van der Waals surface area contributed by atoms with Gasteiger partial charge in [-0.15, -0.1) is 0 Å². The van der Waals surface area contributed by atoms with E-state index in [4.69, 9.17) is 0 Å². The van der Waals surface area contributed by atoms with Gasteiger partial charge in [0.05, 0.1) is 27.9 Å². The Morgan fingerprint density at radius 2 is 0.909 bits per heavy atom. The number of benzene rings is 6. The second kappa shape index (κ2) is 10.1. The van der Waals surface area contributed by atoms with Gasteiger partial charge in [0.15, 0.2) is 0 Å². The molecule has 0 unspecified atom stereocenters. The molecule has 0 aliphatic heterocycles. The van der Waals surface area contributed by atoms with E-state index in [9.17, 15) is 0 Å². The van der Waals surface area contributed by atoms with Crippen LogP contribution in [0.25, 0.3) is 66.3 Å². The molecule has 1 aliphatic rings. The topological polar surface area (TPSA) is 9.86 Å². The molecule has 0 fully saturated rings. The summed E-state index contributed by atoms with van der Waals surface area (Å²) in [5, 5.41) is 3.97. The summed E-state index contributed by atoms with van der Waals surface area (Å²) in [5.41, 5.74) is 14.3. The first kappa shape index (κ1) is 25.2. The molecule has 1 aliphatic carbocycles. The van der Waals surface area contributed by atoms with Crippen molar-refractivity contribution in [1.29, 1.82) is 0 Å². The van der Waals surface area contributed by atoms with Crippen LogP contribution >= 0.6 is 0 Å². The monoisotopic (exact) mass is 564 g/mol. The normalized spacial score (nSPS) is 13.1. The van der Waals surface area contributed by atoms with Crippen LogP contribution in [-0.2, 0) is 12.8 Å². The molecule has 44 heavy (non-hydrogen) atoms. The Labute approximate surface area is 257 Å². The highest BCUT2D eigenvalue weighted by atomic mass is 15.0. The second-order valence-electron chi connectivity index (χ2n) is 12.0. The summed E-state index contributed by atoms with van der Waals surface area (Å²) in [4.78, 5) is 0. The van der Waals surface area contributed by atoms with Crippen molar-refractivity contribution in [2.75, 3.05) is 0 Å². The molecule has 0 radical (unpaired) electrons. The predicted octanol–water partition coefficient (Wildman–Crippen LogP) is 10.9. The van der Waals surface area contributed by atoms with Gasteiger partial charge in [0.1, 0.15) is 0 Å². The Bertz CT molecular complexity index is 2320. The van der Waals surface area contributed by atoms with Gasteiger partial charge in [-0.25, -0.2) is 0 Å². The third-order valence-electron chi connectivity index (χ3n) is 9.52. The lowest BCUT2D eigenvalue weighted by Crippen LogP contribution is -2.07. The van der Waals surface area contributed by atoms with E-state index in [-0.39, 0.29) is 0 Å². The number of hydrogen-bond acceptors (Lipinski definition) is 0. The molecule has 2 heterocycles. The van der Waals surface area contributed by atoms with E-state index in [1.165, 1.54) is 90.4 Å². The zero-order valence-corrected chi connectivity index (χ0v) is 24.6. The fourth-order valence-electron chi connectivity index (χ4n) is 7.60. The van der Waals surface area contributed by atoms with Crippen LogP contribution in [0, 0.1) is 0 Å². The molecule has 0 spiro atoms. The summed E-state index contributed by atoms with van der Waals surface area (Å²) >= 11 is 0. The average Bonchev–Trinajstić information content (AvgIpc) is 3.60. The van der Waals surface area contributed by atoms with E-state index in [2.05, 4.69) is 155 Å². The summed E-state index contributed by atoms with van der Waals surface area (Å²) in [6.07, 6.45) is 4.70. The summed E-state index contributed by atoms with van der Waals surface area (Å²) in [7, 11) is 0. The molecule has 0 saturated heterocycles. The van der Waals surface area contributed by atoms with Gasteiger partial charge in [-0.1, -0.05) is 115 Å². The van der Waals surface area contributed by atoms with Gasteiger partial charge in [-0.05, 0) is 72.7 Å². The van der Waals surface area contributed by atoms with Crippen molar-refractivity contribution in [3.8, 4) is 33.6 Å².